The number of pyridine rings is 1. The number of carboxylic acid groups (broad SMARTS) is 1. The Kier molecular flexibility index (Phi) is 3.82. The average Bonchev–Trinajstić information content (AvgIpc) is 2.25. The molecule has 0 aliphatic heterocycles. The van der Waals surface area contributed by atoms with E-state index in [0.29, 0.717) is 5.56 Å². The Bertz CT molecular complexity index is 486. The van der Waals surface area contributed by atoms with Gasteiger partial charge in [-0.2, -0.15) is 0 Å². The lowest BCUT2D eigenvalue weighted by molar-refractivity contribution is -0.384. The van der Waals surface area contributed by atoms with E-state index in [0.717, 1.165) is 6.92 Å². The van der Waals surface area contributed by atoms with Crippen LogP contribution in [0, 0.1) is 17.0 Å². The Hall–Kier alpha value is -2.22. The third kappa shape index (κ3) is 2.92. The van der Waals surface area contributed by atoms with Crippen LogP contribution in [0.15, 0.2) is 12.3 Å². The summed E-state index contributed by atoms with van der Waals surface area (Å²) in [6, 6.07) is 1.47. The molecule has 0 saturated heterocycles. The fraction of sp³-hybridized carbons (Fsp3) is 0.400. The summed E-state index contributed by atoms with van der Waals surface area (Å²) in [5.74, 6) is -1.49. The zero-order valence-electron chi connectivity index (χ0n) is 9.88. The molecule has 0 radical (unpaired) electrons. The summed E-state index contributed by atoms with van der Waals surface area (Å²) in [5.41, 5.74) is -1.87. The molecule has 0 saturated carbocycles. The van der Waals surface area contributed by atoms with Gasteiger partial charge in [-0.15, -0.1) is 0 Å². The minimum Gasteiger partial charge on any atom is -0.479 e. The van der Waals surface area contributed by atoms with Crippen LogP contribution in [-0.2, 0) is 4.79 Å². The van der Waals surface area contributed by atoms with Gasteiger partial charge in [0, 0.05) is 11.8 Å². The molecule has 1 heterocycles. The molecule has 1 aromatic heterocycles. The van der Waals surface area contributed by atoms with E-state index in [1.54, 1.807) is 6.92 Å². The van der Waals surface area contributed by atoms with Crippen molar-refractivity contribution in [3.05, 3.63) is 27.9 Å². The van der Waals surface area contributed by atoms with Gasteiger partial charge in [0.2, 0.25) is 5.82 Å². The molecular formula is C10H13N3O5. The van der Waals surface area contributed by atoms with Crippen LogP contribution in [0.5, 0.6) is 0 Å². The summed E-state index contributed by atoms with van der Waals surface area (Å²) in [6.45, 7) is 2.24. The molecule has 18 heavy (non-hydrogen) atoms. The maximum absolute atomic E-state index is 10.8. The Labute approximate surface area is 102 Å². The Morgan fingerprint density at radius 3 is 2.78 bits per heavy atom. The minimum atomic E-state index is -2.03. The lowest BCUT2D eigenvalue weighted by atomic mass is 10.1. The number of nitrogens with one attached hydrogen (secondary N) is 1. The summed E-state index contributed by atoms with van der Waals surface area (Å²) in [5, 5.41) is 31.5. The van der Waals surface area contributed by atoms with Crippen LogP contribution >= 0.6 is 0 Å². The van der Waals surface area contributed by atoms with Gasteiger partial charge in [0.15, 0.2) is 5.60 Å². The maximum atomic E-state index is 10.8. The van der Waals surface area contributed by atoms with E-state index >= 15 is 0 Å². The maximum Gasteiger partial charge on any atom is 0.337 e. The molecule has 0 bridgehead atoms. The number of aromatic nitrogens is 1. The van der Waals surface area contributed by atoms with Gasteiger partial charge in [-0.25, -0.2) is 9.78 Å². The van der Waals surface area contributed by atoms with Gasteiger partial charge in [0.25, 0.3) is 0 Å². The molecule has 0 amide bonds. The molecule has 8 nitrogen and oxygen atoms in total. The van der Waals surface area contributed by atoms with Gasteiger partial charge in [-0.1, -0.05) is 0 Å². The molecule has 0 aromatic carbocycles. The number of nitro groups is 1. The molecule has 0 aliphatic carbocycles. The van der Waals surface area contributed by atoms with Crippen LogP contribution < -0.4 is 5.32 Å². The molecule has 0 aliphatic rings. The third-order valence-corrected chi connectivity index (χ3v) is 2.37. The van der Waals surface area contributed by atoms with E-state index < -0.39 is 16.5 Å². The summed E-state index contributed by atoms with van der Waals surface area (Å²) < 4.78 is 0. The van der Waals surface area contributed by atoms with Gasteiger partial charge in [-0.05, 0) is 19.9 Å². The van der Waals surface area contributed by atoms with Crippen LogP contribution in [-0.4, -0.2) is 38.2 Å². The highest BCUT2D eigenvalue weighted by molar-refractivity contribution is 5.77. The van der Waals surface area contributed by atoms with Crippen LogP contribution in [0.1, 0.15) is 12.5 Å². The summed E-state index contributed by atoms with van der Waals surface area (Å²) in [7, 11) is 0. The van der Waals surface area contributed by atoms with E-state index in [1.807, 2.05) is 0 Å². The molecule has 0 fully saturated rings. The van der Waals surface area contributed by atoms with Gasteiger partial charge in [0.1, 0.15) is 0 Å². The first-order chi connectivity index (χ1) is 8.25. The molecule has 98 valence electrons. The zero-order valence-corrected chi connectivity index (χ0v) is 9.88. The van der Waals surface area contributed by atoms with Crippen molar-refractivity contribution in [1.82, 2.24) is 4.98 Å². The Morgan fingerprint density at radius 2 is 2.28 bits per heavy atom. The fourth-order valence-electron chi connectivity index (χ4n) is 1.24. The van der Waals surface area contributed by atoms with Crippen molar-refractivity contribution in [2.45, 2.75) is 19.4 Å². The zero-order chi connectivity index (χ0) is 13.9. The highest BCUT2D eigenvalue weighted by atomic mass is 16.6. The number of carbonyl (C=O) groups is 1. The molecule has 0 spiro atoms. The van der Waals surface area contributed by atoms with Crippen molar-refractivity contribution in [1.29, 1.82) is 0 Å². The number of aliphatic carboxylic acids is 1. The van der Waals surface area contributed by atoms with E-state index in [9.17, 15) is 20.0 Å². The second-order valence-electron chi connectivity index (χ2n) is 4.01. The molecule has 3 N–H and O–H groups in total. The highest BCUT2D eigenvalue weighted by Crippen LogP contribution is 2.25. The normalized spacial score (nSPS) is 13.7. The second kappa shape index (κ2) is 4.96. The number of rotatable bonds is 5. The largest absolute Gasteiger partial charge is 0.479 e. The van der Waals surface area contributed by atoms with Crippen molar-refractivity contribution in [2.75, 3.05) is 11.9 Å². The molecule has 1 unspecified atom stereocenters. The van der Waals surface area contributed by atoms with Crippen LogP contribution in [0.2, 0.25) is 0 Å². The van der Waals surface area contributed by atoms with Crippen LogP contribution in [0.25, 0.3) is 0 Å². The monoisotopic (exact) mass is 255 g/mol. The average molecular weight is 255 g/mol. The van der Waals surface area contributed by atoms with E-state index in [1.165, 1.54) is 12.3 Å². The number of hydrogen-bond donors (Lipinski definition) is 3. The quantitative estimate of drug-likeness (QED) is 0.518. The first-order valence-corrected chi connectivity index (χ1v) is 5.05. The number of hydrogen-bond acceptors (Lipinski definition) is 6. The van der Waals surface area contributed by atoms with Gasteiger partial charge >= 0.3 is 11.7 Å². The van der Waals surface area contributed by atoms with Crippen LogP contribution in [0.3, 0.4) is 0 Å². The minimum absolute atomic E-state index is 0.0680. The SMILES string of the molecule is Cc1ccnc(NCC(C)(O)C(=O)O)c1[N+](=O)[O-]. The van der Waals surface area contributed by atoms with Crippen molar-refractivity contribution in [2.24, 2.45) is 0 Å². The molecule has 1 aromatic rings. The lowest BCUT2D eigenvalue weighted by Gasteiger charge is -2.18. The smallest absolute Gasteiger partial charge is 0.337 e. The van der Waals surface area contributed by atoms with Crippen LogP contribution in [0.4, 0.5) is 11.5 Å². The van der Waals surface area contributed by atoms with Crippen molar-refractivity contribution in [3.8, 4) is 0 Å². The number of aliphatic hydroxyl groups is 1. The predicted molar refractivity (Wildman–Crippen MR) is 62.4 cm³/mol. The first-order valence-electron chi connectivity index (χ1n) is 5.05. The number of nitrogens with zero attached hydrogens (tertiary/aromatic N) is 2. The molecule has 1 rings (SSSR count). The van der Waals surface area contributed by atoms with Crippen molar-refractivity contribution >= 4 is 17.5 Å². The standard InChI is InChI=1S/C10H13N3O5/c1-6-3-4-11-8(7(6)13(17)18)12-5-10(2,16)9(14)15/h3-4,16H,5H2,1-2H3,(H,11,12)(H,14,15). The van der Waals surface area contributed by atoms with E-state index in [4.69, 9.17) is 5.11 Å². The first kappa shape index (κ1) is 13.8. The van der Waals surface area contributed by atoms with Crippen molar-refractivity contribution < 1.29 is 19.9 Å². The van der Waals surface area contributed by atoms with Crippen molar-refractivity contribution in [3.63, 3.8) is 0 Å². The van der Waals surface area contributed by atoms with Gasteiger partial charge in [0.05, 0.1) is 11.5 Å². The predicted octanol–water partition coefficient (Wildman–Crippen LogP) is 0.546. The Morgan fingerprint density at radius 1 is 1.67 bits per heavy atom. The summed E-state index contributed by atoms with van der Waals surface area (Å²) in [4.78, 5) is 24.7. The molecule has 8 heteroatoms. The number of aryl methyl sites for hydroxylation is 1. The summed E-state index contributed by atoms with van der Waals surface area (Å²) >= 11 is 0. The summed E-state index contributed by atoms with van der Waals surface area (Å²) in [6.07, 6.45) is 1.36. The second-order valence-corrected chi connectivity index (χ2v) is 4.01. The Balaban J connectivity index is 2.96. The van der Waals surface area contributed by atoms with E-state index in [2.05, 4.69) is 10.3 Å². The lowest BCUT2D eigenvalue weighted by Crippen LogP contribution is -2.42. The van der Waals surface area contributed by atoms with E-state index in [-0.39, 0.29) is 18.1 Å². The third-order valence-electron chi connectivity index (χ3n) is 2.37. The van der Waals surface area contributed by atoms with Gasteiger partial charge < -0.3 is 15.5 Å². The highest BCUT2D eigenvalue weighted by Gasteiger charge is 2.31. The number of anilines is 1. The topological polar surface area (TPSA) is 126 Å². The fourth-order valence-corrected chi connectivity index (χ4v) is 1.24. The molecule has 1 atom stereocenters. The molecular weight excluding hydrogens is 242 g/mol. The van der Waals surface area contributed by atoms with Gasteiger partial charge in [-0.3, -0.25) is 10.1 Å². The number of carboxylic acids is 1.